The number of aromatic nitrogens is 2. The second kappa shape index (κ2) is 6.39. The molecule has 0 fully saturated rings. The Kier molecular flexibility index (Phi) is 5.15. The minimum Gasteiger partial charge on any atom is -0.480 e. The summed E-state index contributed by atoms with van der Waals surface area (Å²) < 4.78 is 1.97. The average Bonchev–Trinajstić information content (AvgIpc) is 2.68. The summed E-state index contributed by atoms with van der Waals surface area (Å²) in [7, 11) is 1.95. The quantitative estimate of drug-likeness (QED) is 0.775. The third-order valence-corrected chi connectivity index (χ3v) is 3.10. The molecule has 0 saturated carbocycles. The molecule has 1 heterocycles. The monoisotopic (exact) mass is 239 g/mol. The minimum atomic E-state index is -0.773. The molecule has 0 aliphatic heterocycles. The molecule has 0 aromatic carbocycles. The summed E-state index contributed by atoms with van der Waals surface area (Å²) in [4.78, 5) is 17.0. The van der Waals surface area contributed by atoms with Crippen molar-refractivity contribution in [3.63, 3.8) is 0 Å². The summed E-state index contributed by atoms with van der Waals surface area (Å²) in [6.07, 6.45) is 5.40. The highest BCUT2D eigenvalue weighted by Crippen LogP contribution is 2.05. The highest BCUT2D eigenvalue weighted by molar-refractivity contribution is 5.69. The Bertz CT molecular complexity index is 362. The zero-order valence-corrected chi connectivity index (χ0v) is 10.8. The molecule has 0 spiro atoms. The van der Waals surface area contributed by atoms with Crippen molar-refractivity contribution in [1.29, 1.82) is 0 Å². The summed E-state index contributed by atoms with van der Waals surface area (Å²) in [5, 5.41) is 8.88. The predicted octanol–water partition coefficient (Wildman–Crippen LogP) is 1.15. The van der Waals surface area contributed by atoms with Gasteiger partial charge in [-0.25, -0.2) is 4.98 Å². The number of carboxylic acid groups (broad SMARTS) is 1. The Morgan fingerprint density at radius 3 is 2.82 bits per heavy atom. The first kappa shape index (κ1) is 13.7. The molecule has 1 rings (SSSR count). The van der Waals surface area contributed by atoms with E-state index in [1.165, 1.54) is 0 Å². The maximum absolute atomic E-state index is 10.8. The van der Waals surface area contributed by atoms with E-state index in [-0.39, 0.29) is 12.6 Å². The van der Waals surface area contributed by atoms with E-state index in [2.05, 4.69) is 18.8 Å². The van der Waals surface area contributed by atoms with Crippen LogP contribution in [0.2, 0.25) is 0 Å². The van der Waals surface area contributed by atoms with Crippen LogP contribution in [-0.4, -0.2) is 44.7 Å². The molecule has 1 aromatic rings. The molecule has 5 heteroatoms. The predicted molar refractivity (Wildman–Crippen MR) is 65.9 cm³/mol. The first-order chi connectivity index (χ1) is 8.04. The molecule has 17 heavy (non-hydrogen) atoms. The van der Waals surface area contributed by atoms with Crippen LogP contribution in [-0.2, 0) is 18.3 Å². The maximum Gasteiger partial charge on any atom is 0.317 e. The largest absolute Gasteiger partial charge is 0.480 e. The van der Waals surface area contributed by atoms with Crippen molar-refractivity contribution >= 4 is 5.97 Å². The smallest absolute Gasteiger partial charge is 0.317 e. The number of carbonyl (C=O) groups is 1. The van der Waals surface area contributed by atoms with Crippen LogP contribution in [0.4, 0.5) is 0 Å². The van der Waals surface area contributed by atoms with Crippen molar-refractivity contribution in [2.45, 2.75) is 32.7 Å². The van der Waals surface area contributed by atoms with Gasteiger partial charge in [0.2, 0.25) is 0 Å². The van der Waals surface area contributed by atoms with Gasteiger partial charge in [0.15, 0.2) is 0 Å². The fourth-order valence-electron chi connectivity index (χ4n) is 1.77. The van der Waals surface area contributed by atoms with E-state index < -0.39 is 5.97 Å². The van der Waals surface area contributed by atoms with Gasteiger partial charge in [0, 0.05) is 38.4 Å². The second-order valence-corrected chi connectivity index (χ2v) is 4.33. The normalized spacial score (nSPS) is 12.9. The highest BCUT2D eigenvalue weighted by atomic mass is 16.4. The molecule has 0 aliphatic rings. The molecule has 0 radical (unpaired) electrons. The molecule has 0 aliphatic carbocycles. The van der Waals surface area contributed by atoms with Gasteiger partial charge in [-0.3, -0.25) is 9.69 Å². The summed E-state index contributed by atoms with van der Waals surface area (Å²) in [5.41, 5.74) is 0. The van der Waals surface area contributed by atoms with Crippen LogP contribution in [0.3, 0.4) is 0 Å². The summed E-state index contributed by atoms with van der Waals surface area (Å²) in [6.45, 7) is 4.95. The van der Waals surface area contributed by atoms with Crippen LogP contribution in [0.15, 0.2) is 12.4 Å². The van der Waals surface area contributed by atoms with Gasteiger partial charge in [-0.2, -0.15) is 0 Å². The van der Waals surface area contributed by atoms with Gasteiger partial charge in [-0.15, -0.1) is 0 Å². The van der Waals surface area contributed by atoms with Gasteiger partial charge < -0.3 is 9.67 Å². The second-order valence-electron chi connectivity index (χ2n) is 4.33. The van der Waals surface area contributed by atoms with Crippen LogP contribution in [0.25, 0.3) is 0 Å². The van der Waals surface area contributed by atoms with Crippen LogP contribution in [0.5, 0.6) is 0 Å². The Balaban J connectivity index is 2.54. The molecule has 96 valence electrons. The van der Waals surface area contributed by atoms with Gasteiger partial charge in [-0.1, -0.05) is 6.92 Å². The topological polar surface area (TPSA) is 58.4 Å². The molecule has 1 unspecified atom stereocenters. The number of nitrogens with zero attached hydrogens (tertiary/aromatic N) is 3. The van der Waals surface area contributed by atoms with E-state index in [4.69, 9.17) is 5.11 Å². The Labute approximate surface area is 102 Å². The van der Waals surface area contributed by atoms with E-state index in [0.29, 0.717) is 0 Å². The summed E-state index contributed by atoms with van der Waals surface area (Å²) in [5.74, 6) is 0.217. The van der Waals surface area contributed by atoms with Crippen molar-refractivity contribution < 1.29 is 9.90 Å². The van der Waals surface area contributed by atoms with Crippen molar-refractivity contribution in [1.82, 2.24) is 14.5 Å². The van der Waals surface area contributed by atoms with Gasteiger partial charge in [0.25, 0.3) is 0 Å². The number of imidazole rings is 1. The first-order valence-electron chi connectivity index (χ1n) is 5.96. The van der Waals surface area contributed by atoms with Gasteiger partial charge in [0.1, 0.15) is 5.82 Å². The van der Waals surface area contributed by atoms with Crippen molar-refractivity contribution in [2.24, 2.45) is 7.05 Å². The van der Waals surface area contributed by atoms with E-state index >= 15 is 0 Å². The average molecular weight is 239 g/mol. The lowest BCUT2D eigenvalue weighted by molar-refractivity contribution is -0.138. The molecular weight excluding hydrogens is 218 g/mol. The van der Waals surface area contributed by atoms with Gasteiger partial charge >= 0.3 is 5.97 Å². The summed E-state index contributed by atoms with van der Waals surface area (Å²) in [6, 6.07) is 0.284. The number of hydrogen-bond acceptors (Lipinski definition) is 3. The fraction of sp³-hybridized carbons (Fsp3) is 0.667. The van der Waals surface area contributed by atoms with Crippen LogP contribution in [0, 0.1) is 0 Å². The Morgan fingerprint density at radius 2 is 2.35 bits per heavy atom. The molecular formula is C12H21N3O2. The zero-order chi connectivity index (χ0) is 12.8. The van der Waals surface area contributed by atoms with Crippen molar-refractivity contribution in [3.8, 4) is 0 Å². The number of aliphatic carboxylic acids is 1. The zero-order valence-electron chi connectivity index (χ0n) is 10.8. The van der Waals surface area contributed by atoms with Crippen LogP contribution < -0.4 is 0 Å². The first-order valence-corrected chi connectivity index (χ1v) is 5.96. The number of aryl methyl sites for hydroxylation is 1. The van der Waals surface area contributed by atoms with Gasteiger partial charge in [-0.05, 0) is 13.3 Å². The van der Waals surface area contributed by atoms with Crippen LogP contribution in [0.1, 0.15) is 26.1 Å². The molecule has 0 saturated heterocycles. The van der Waals surface area contributed by atoms with E-state index in [1.54, 1.807) is 6.20 Å². The highest BCUT2D eigenvalue weighted by Gasteiger charge is 2.15. The molecule has 0 bridgehead atoms. The number of carboxylic acids is 1. The van der Waals surface area contributed by atoms with E-state index in [0.717, 1.165) is 25.2 Å². The lowest BCUT2D eigenvalue weighted by atomic mass is 10.2. The fourth-order valence-corrected chi connectivity index (χ4v) is 1.77. The molecule has 5 nitrogen and oxygen atoms in total. The van der Waals surface area contributed by atoms with Crippen molar-refractivity contribution in [3.05, 3.63) is 18.2 Å². The Morgan fingerprint density at radius 1 is 1.65 bits per heavy atom. The van der Waals surface area contributed by atoms with E-state index in [1.807, 2.05) is 22.7 Å². The minimum absolute atomic E-state index is 0.0967. The van der Waals surface area contributed by atoms with Crippen molar-refractivity contribution in [2.75, 3.05) is 13.1 Å². The maximum atomic E-state index is 10.8. The number of rotatable bonds is 7. The third-order valence-electron chi connectivity index (χ3n) is 3.10. The van der Waals surface area contributed by atoms with Gasteiger partial charge in [0.05, 0.1) is 6.54 Å². The standard InChI is InChI=1S/C12H21N3O2/c1-4-10(2)15(9-12(16)17)7-5-11-13-6-8-14(11)3/h6,8,10H,4-5,7,9H2,1-3H3,(H,16,17). The molecule has 1 atom stereocenters. The lowest BCUT2D eigenvalue weighted by Gasteiger charge is -2.26. The number of hydrogen-bond donors (Lipinski definition) is 1. The molecule has 0 amide bonds. The third kappa shape index (κ3) is 4.19. The molecule has 1 aromatic heterocycles. The van der Waals surface area contributed by atoms with Crippen LogP contribution >= 0.6 is 0 Å². The Hall–Kier alpha value is -1.36. The summed E-state index contributed by atoms with van der Waals surface area (Å²) >= 11 is 0. The molecule has 1 N–H and O–H groups in total. The lowest BCUT2D eigenvalue weighted by Crippen LogP contribution is -2.38. The van der Waals surface area contributed by atoms with E-state index in [9.17, 15) is 4.79 Å². The SMILES string of the molecule is CCC(C)N(CCc1nccn1C)CC(=O)O.